The monoisotopic (exact) mass is 356 g/mol. The SMILES string of the molecule is O=S(=O)(Cc1csc(Br)c1)c1nc2ccccc2[nH]1. The van der Waals surface area contributed by atoms with Crippen molar-refractivity contribution in [3.05, 3.63) is 45.1 Å². The molecule has 0 fully saturated rings. The van der Waals surface area contributed by atoms with Crippen molar-refractivity contribution in [2.24, 2.45) is 0 Å². The molecule has 2 heterocycles. The van der Waals surface area contributed by atoms with E-state index in [4.69, 9.17) is 0 Å². The molecule has 4 nitrogen and oxygen atoms in total. The van der Waals surface area contributed by atoms with Crippen LogP contribution in [-0.4, -0.2) is 18.4 Å². The maximum absolute atomic E-state index is 12.3. The molecule has 0 atom stereocenters. The van der Waals surface area contributed by atoms with Crippen LogP contribution in [0.25, 0.3) is 11.0 Å². The molecule has 0 saturated heterocycles. The van der Waals surface area contributed by atoms with E-state index in [0.717, 1.165) is 14.9 Å². The summed E-state index contributed by atoms with van der Waals surface area (Å²) in [6, 6.07) is 9.07. The van der Waals surface area contributed by atoms with Gasteiger partial charge in [-0.3, -0.25) is 0 Å². The fourth-order valence-electron chi connectivity index (χ4n) is 1.79. The Labute approximate surface area is 122 Å². The van der Waals surface area contributed by atoms with E-state index < -0.39 is 9.84 Å². The van der Waals surface area contributed by atoms with E-state index in [2.05, 4.69) is 25.9 Å². The molecule has 0 aliphatic rings. The lowest BCUT2D eigenvalue weighted by atomic mass is 10.3. The summed E-state index contributed by atoms with van der Waals surface area (Å²) >= 11 is 4.79. The number of H-pyrrole nitrogens is 1. The Morgan fingerprint density at radius 2 is 2.11 bits per heavy atom. The van der Waals surface area contributed by atoms with Crippen LogP contribution in [0.15, 0.2) is 44.7 Å². The minimum atomic E-state index is -3.44. The number of imidazole rings is 1. The van der Waals surface area contributed by atoms with Crippen molar-refractivity contribution in [3.8, 4) is 0 Å². The number of hydrogen-bond acceptors (Lipinski definition) is 4. The summed E-state index contributed by atoms with van der Waals surface area (Å²) in [6.45, 7) is 0. The summed E-state index contributed by atoms with van der Waals surface area (Å²) in [5.41, 5.74) is 2.15. The number of halogens is 1. The molecule has 98 valence electrons. The van der Waals surface area contributed by atoms with Gasteiger partial charge in [0.1, 0.15) is 0 Å². The number of rotatable bonds is 3. The van der Waals surface area contributed by atoms with Gasteiger partial charge in [-0.15, -0.1) is 11.3 Å². The second kappa shape index (κ2) is 4.73. The van der Waals surface area contributed by atoms with Crippen molar-refractivity contribution in [1.82, 2.24) is 9.97 Å². The lowest BCUT2D eigenvalue weighted by Crippen LogP contribution is -2.06. The fourth-order valence-corrected chi connectivity index (χ4v) is 4.35. The number of thiophene rings is 1. The Hall–Kier alpha value is -1.18. The van der Waals surface area contributed by atoms with Gasteiger partial charge >= 0.3 is 0 Å². The van der Waals surface area contributed by atoms with E-state index in [0.29, 0.717) is 5.52 Å². The predicted octanol–water partition coefficient (Wildman–Crippen LogP) is 3.36. The number of nitrogens with zero attached hydrogens (tertiary/aromatic N) is 1. The minimum Gasteiger partial charge on any atom is -0.329 e. The Morgan fingerprint density at radius 1 is 1.32 bits per heavy atom. The number of fused-ring (bicyclic) bond motifs is 1. The molecule has 0 bridgehead atoms. The van der Waals surface area contributed by atoms with Crippen LogP contribution >= 0.6 is 27.3 Å². The van der Waals surface area contributed by atoms with Gasteiger partial charge < -0.3 is 4.98 Å². The van der Waals surface area contributed by atoms with E-state index >= 15 is 0 Å². The molecule has 19 heavy (non-hydrogen) atoms. The van der Waals surface area contributed by atoms with Gasteiger partial charge in [-0.05, 0) is 45.1 Å². The Balaban J connectivity index is 1.99. The molecule has 0 unspecified atom stereocenters. The molecule has 0 saturated carbocycles. The zero-order valence-corrected chi connectivity index (χ0v) is 12.8. The third-order valence-corrected chi connectivity index (χ3v) is 5.69. The van der Waals surface area contributed by atoms with Crippen LogP contribution in [0.3, 0.4) is 0 Å². The highest BCUT2D eigenvalue weighted by Crippen LogP contribution is 2.24. The quantitative estimate of drug-likeness (QED) is 0.782. The van der Waals surface area contributed by atoms with Crippen molar-refractivity contribution in [3.63, 3.8) is 0 Å². The topological polar surface area (TPSA) is 62.8 Å². The number of aromatic amines is 1. The number of benzene rings is 1. The normalized spacial score (nSPS) is 12.1. The molecular weight excluding hydrogens is 348 g/mol. The predicted molar refractivity (Wildman–Crippen MR) is 79.0 cm³/mol. The van der Waals surface area contributed by atoms with E-state index in [9.17, 15) is 8.42 Å². The van der Waals surface area contributed by atoms with Gasteiger partial charge in [-0.25, -0.2) is 13.4 Å². The highest BCUT2D eigenvalue weighted by molar-refractivity contribution is 9.11. The lowest BCUT2D eigenvalue weighted by molar-refractivity contribution is 0.588. The van der Waals surface area contributed by atoms with E-state index in [1.54, 1.807) is 6.07 Å². The van der Waals surface area contributed by atoms with Crippen molar-refractivity contribution in [2.75, 3.05) is 0 Å². The first-order valence-electron chi connectivity index (χ1n) is 5.45. The first kappa shape index (κ1) is 12.8. The largest absolute Gasteiger partial charge is 0.329 e. The summed E-state index contributed by atoms with van der Waals surface area (Å²) in [5, 5.41) is 1.85. The Kier molecular flexibility index (Phi) is 3.20. The molecule has 2 aromatic heterocycles. The van der Waals surface area contributed by atoms with Gasteiger partial charge in [0, 0.05) is 0 Å². The van der Waals surface area contributed by atoms with Crippen molar-refractivity contribution in [2.45, 2.75) is 10.9 Å². The Morgan fingerprint density at radius 3 is 2.79 bits per heavy atom. The van der Waals surface area contributed by atoms with Crippen molar-refractivity contribution < 1.29 is 8.42 Å². The molecule has 3 aromatic rings. The van der Waals surface area contributed by atoms with Crippen LogP contribution in [0.2, 0.25) is 0 Å². The average molecular weight is 357 g/mol. The van der Waals surface area contributed by atoms with Gasteiger partial charge in [0.15, 0.2) is 0 Å². The maximum Gasteiger partial charge on any atom is 0.226 e. The van der Waals surface area contributed by atoms with Crippen LogP contribution in [0.5, 0.6) is 0 Å². The first-order valence-corrected chi connectivity index (χ1v) is 8.77. The smallest absolute Gasteiger partial charge is 0.226 e. The third-order valence-electron chi connectivity index (χ3n) is 2.64. The maximum atomic E-state index is 12.3. The second-order valence-electron chi connectivity index (χ2n) is 4.08. The molecule has 0 spiro atoms. The van der Waals surface area contributed by atoms with Gasteiger partial charge in [0.05, 0.1) is 20.6 Å². The van der Waals surface area contributed by atoms with Gasteiger partial charge in [0.2, 0.25) is 15.0 Å². The molecule has 0 radical (unpaired) electrons. The van der Waals surface area contributed by atoms with Gasteiger partial charge in [0.25, 0.3) is 0 Å². The number of aromatic nitrogens is 2. The highest BCUT2D eigenvalue weighted by atomic mass is 79.9. The van der Waals surface area contributed by atoms with Crippen molar-refractivity contribution in [1.29, 1.82) is 0 Å². The molecular formula is C12H9BrN2O2S2. The van der Waals surface area contributed by atoms with Crippen LogP contribution in [-0.2, 0) is 15.6 Å². The third kappa shape index (κ3) is 2.58. The number of sulfone groups is 1. The average Bonchev–Trinajstić information content (AvgIpc) is 2.95. The Bertz CT molecular complexity index is 803. The molecule has 7 heteroatoms. The van der Waals surface area contributed by atoms with Crippen molar-refractivity contribution >= 4 is 48.1 Å². The molecule has 3 rings (SSSR count). The summed E-state index contributed by atoms with van der Waals surface area (Å²) in [7, 11) is -3.44. The standard InChI is InChI=1S/C12H9BrN2O2S2/c13-11-5-8(6-18-11)7-19(16,17)12-14-9-3-1-2-4-10(9)15-12/h1-6H,7H2,(H,14,15). The number of hydrogen-bond donors (Lipinski definition) is 1. The van der Waals surface area contributed by atoms with Gasteiger partial charge in [-0.1, -0.05) is 12.1 Å². The van der Waals surface area contributed by atoms with E-state index in [1.165, 1.54) is 11.3 Å². The molecule has 1 aromatic carbocycles. The molecule has 0 aliphatic heterocycles. The second-order valence-corrected chi connectivity index (χ2v) is 8.27. The molecule has 1 N–H and O–H groups in total. The summed E-state index contributed by atoms with van der Waals surface area (Å²) in [4.78, 5) is 6.99. The van der Waals surface area contributed by atoms with E-state index in [1.807, 2.05) is 29.6 Å². The molecule has 0 amide bonds. The van der Waals surface area contributed by atoms with Crippen LogP contribution in [0.4, 0.5) is 0 Å². The van der Waals surface area contributed by atoms with Crippen LogP contribution in [0.1, 0.15) is 5.56 Å². The van der Waals surface area contributed by atoms with Crippen LogP contribution < -0.4 is 0 Å². The highest BCUT2D eigenvalue weighted by Gasteiger charge is 2.20. The zero-order chi connectivity index (χ0) is 13.5. The molecule has 0 aliphatic carbocycles. The van der Waals surface area contributed by atoms with Crippen LogP contribution in [0, 0.1) is 0 Å². The zero-order valence-electron chi connectivity index (χ0n) is 9.63. The first-order chi connectivity index (χ1) is 9.04. The summed E-state index contributed by atoms with van der Waals surface area (Å²) in [6.07, 6.45) is 0. The summed E-state index contributed by atoms with van der Waals surface area (Å²) in [5.74, 6) is -0.0467. The van der Waals surface area contributed by atoms with Gasteiger partial charge in [-0.2, -0.15) is 0 Å². The minimum absolute atomic E-state index is 0.0241. The van der Waals surface area contributed by atoms with E-state index in [-0.39, 0.29) is 10.9 Å². The fraction of sp³-hybridized carbons (Fsp3) is 0.0833. The number of para-hydroxylation sites is 2. The summed E-state index contributed by atoms with van der Waals surface area (Å²) < 4.78 is 25.5. The lowest BCUT2D eigenvalue weighted by Gasteiger charge is -1.97. The number of nitrogens with one attached hydrogen (secondary N) is 1.